The van der Waals surface area contributed by atoms with Crippen LogP contribution in [0.2, 0.25) is 5.02 Å². The van der Waals surface area contributed by atoms with Gasteiger partial charge in [-0.05, 0) is 60.0 Å². The van der Waals surface area contributed by atoms with Crippen LogP contribution in [0.4, 0.5) is 0 Å². The first-order valence-corrected chi connectivity index (χ1v) is 12.6. The minimum absolute atomic E-state index is 0.0338. The molecule has 0 bridgehead atoms. The zero-order valence-corrected chi connectivity index (χ0v) is 20.8. The molecular formula is C27H29ClN2O2S. The molecule has 1 aliphatic heterocycles. The van der Waals surface area contributed by atoms with E-state index in [1.54, 1.807) is 40.5 Å². The third kappa shape index (κ3) is 5.31. The molecule has 1 aromatic heterocycles. The third-order valence-corrected chi connectivity index (χ3v) is 7.18. The first-order chi connectivity index (χ1) is 15.8. The van der Waals surface area contributed by atoms with Crippen LogP contribution < -0.4 is 0 Å². The average molecular weight is 481 g/mol. The minimum atomic E-state index is -0.167. The predicted molar refractivity (Wildman–Crippen MR) is 135 cm³/mol. The molecule has 33 heavy (non-hydrogen) atoms. The number of carbonyl (C=O) groups excluding carboxylic acids is 2. The van der Waals surface area contributed by atoms with E-state index in [9.17, 15) is 9.59 Å². The van der Waals surface area contributed by atoms with Crippen molar-refractivity contribution in [2.24, 2.45) is 5.92 Å². The first kappa shape index (κ1) is 23.5. The van der Waals surface area contributed by atoms with Gasteiger partial charge in [-0.3, -0.25) is 9.59 Å². The fourth-order valence-corrected chi connectivity index (χ4v) is 5.51. The molecule has 2 amide bonds. The Morgan fingerprint density at radius 1 is 1.15 bits per heavy atom. The number of thiophene rings is 1. The van der Waals surface area contributed by atoms with Gasteiger partial charge in [-0.1, -0.05) is 61.3 Å². The van der Waals surface area contributed by atoms with Gasteiger partial charge in [0.1, 0.15) is 6.54 Å². The highest BCUT2D eigenvalue weighted by Gasteiger charge is 2.34. The molecule has 4 rings (SSSR count). The number of aryl methyl sites for hydroxylation is 1. The Morgan fingerprint density at radius 2 is 1.91 bits per heavy atom. The van der Waals surface area contributed by atoms with Gasteiger partial charge in [0, 0.05) is 28.6 Å². The van der Waals surface area contributed by atoms with Gasteiger partial charge in [-0.25, -0.2) is 0 Å². The van der Waals surface area contributed by atoms with E-state index < -0.39 is 0 Å². The number of amides is 2. The lowest BCUT2D eigenvalue weighted by Gasteiger charge is -2.38. The molecular weight excluding hydrogens is 452 g/mol. The first-order valence-electron chi connectivity index (χ1n) is 11.3. The Hall–Kier alpha value is -2.63. The standard InChI is InChI=1S/C27H29ClN2O2S/c1-18(2)16-29(27(32)21-5-4-6-22(28)15-21)17-25(31)30-13-11-24-23(12-14-33-24)26(30)20-9-7-19(3)8-10-20/h4-10,12,14-15,18,26H,11,13,16-17H2,1-3H3. The second-order valence-electron chi connectivity index (χ2n) is 9.04. The molecule has 4 nitrogen and oxygen atoms in total. The van der Waals surface area contributed by atoms with E-state index in [1.807, 2.05) is 4.90 Å². The van der Waals surface area contributed by atoms with Crippen LogP contribution in [0.15, 0.2) is 60.0 Å². The fraction of sp³-hybridized carbons (Fsp3) is 0.333. The normalized spacial score (nSPS) is 15.4. The summed E-state index contributed by atoms with van der Waals surface area (Å²) in [5.41, 5.74) is 3.99. The van der Waals surface area contributed by atoms with Crippen molar-refractivity contribution in [1.29, 1.82) is 0 Å². The van der Waals surface area contributed by atoms with Crippen LogP contribution in [0.5, 0.6) is 0 Å². The molecule has 172 valence electrons. The molecule has 2 heterocycles. The summed E-state index contributed by atoms with van der Waals surface area (Å²) in [5.74, 6) is 0.0341. The van der Waals surface area contributed by atoms with Crippen LogP contribution in [0.3, 0.4) is 0 Å². The Kier molecular flexibility index (Phi) is 7.20. The van der Waals surface area contributed by atoms with Crippen molar-refractivity contribution in [2.45, 2.75) is 33.2 Å². The van der Waals surface area contributed by atoms with E-state index in [0.29, 0.717) is 23.7 Å². The Bertz CT molecular complexity index is 1140. The summed E-state index contributed by atoms with van der Waals surface area (Å²) in [5, 5.41) is 2.62. The lowest BCUT2D eigenvalue weighted by atomic mass is 9.92. The summed E-state index contributed by atoms with van der Waals surface area (Å²) in [7, 11) is 0. The smallest absolute Gasteiger partial charge is 0.254 e. The average Bonchev–Trinajstić information content (AvgIpc) is 3.27. The zero-order chi connectivity index (χ0) is 23.5. The number of halogens is 1. The molecule has 0 N–H and O–H groups in total. The third-order valence-electron chi connectivity index (χ3n) is 5.95. The van der Waals surface area contributed by atoms with Gasteiger partial charge in [-0.15, -0.1) is 11.3 Å². The lowest BCUT2D eigenvalue weighted by Crippen LogP contribution is -2.47. The van der Waals surface area contributed by atoms with Crippen LogP contribution >= 0.6 is 22.9 Å². The molecule has 0 saturated heterocycles. The predicted octanol–water partition coefficient (Wildman–Crippen LogP) is 5.98. The van der Waals surface area contributed by atoms with E-state index in [2.05, 4.69) is 56.5 Å². The van der Waals surface area contributed by atoms with Crippen molar-refractivity contribution in [2.75, 3.05) is 19.6 Å². The van der Waals surface area contributed by atoms with Crippen LogP contribution in [-0.2, 0) is 11.2 Å². The molecule has 0 radical (unpaired) electrons. The van der Waals surface area contributed by atoms with Gasteiger partial charge in [0.25, 0.3) is 5.91 Å². The van der Waals surface area contributed by atoms with Crippen LogP contribution in [0.25, 0.3) is 0 Å². The minimum Gasteiger partial charge on any atom is -0.330 e. The number of carbonyl (C=O) groups is 2. The molecule has 0 saturated carbocycles. The molecule has 0 aliphatic carbocycles. The summed E-state index contributed by atoms with van der Waals surface area (Å²) < 4.78 is 0. The van der Waals surface area contributed by atoms with Gasteiger partial charge in [0.2, 0.25) is 5.91 Å². The van der Waals surface area contributed by atoms with Gasteiger partial charge >= 0.3 is 0 Å². The van der Waals surface area contributed by atoms with Crippen molar-refractivity contribution in [3.8, 4) is 0 Å². The van der Waals surface area contributed by atoms with Gasteiger partial charge in [0.05, 0.1) is 6.04 Å². The van der Waals surface area contributed by atoms with E-state index in [-0.39, 0.29) is 30.3 Å². The highest BCUT2D eigenvalue weighted by Crippen LogP contribution is 2.38. The van der Waals surface area contributed by atoms with Crippen molar-refractivity contribution >= 4 is 34.8 Å². The summed E-state index contributed by atoms with van der Waals surface area (Å²) >= 11 is 7.87. The summed E-state index contributed by atoms with van der Waals surface area (Å²) in [4.78, 5) is 31.9. The van der Waals surface area contributed by atoms with Gasteiger partial charge in [-0.2, -0.15) is 0 Å². The molecule has 6 heteroatoms. The Labute approximate surface area is 204 Å². The number of rotatable bonds is 6. The second-order valence-corrected chi connectivity index (χ2v) is 10.5. The SMILES string of the molecule is Cc1ccc(C2c3ccsc3CCN2C(=O)CN(CC(C)C)C(=O)c2cccc(Cl)c2)cc1. The number of fused-ring (bicyclic) bond motifs is 1. The Morgan fingerprint density at radius 3 is 2.61 bits per heavy atom. The maximum atomic E-state index is 13.7. The second kappa shape index (κ2) is 10.1. The largest absolute Gasteiger partial charge is 0.330 e. The van der Waals surface area contributed by atoms with E-state index >= 15 is 0 Å². The van der Waals surface area contributed by atoms with Crippen LogP contribution in [0, 0.1) is 12.8 Å². The van der Waals surface area contributed by atoms with Crippen LogP contribution in [0.1, 0.15) is 51.8 Å². The van der Waals surface area contributed by atoms with Gasteiger partial charge in [0.15, 0.2) is 0 Å². The fourth-order valence-electron chi connectivity index (χ4n) is 4.41. The lowest BCUT2D eigenvalue weighted by molar-refractivity contribution is -0.134. The zero-order valence-electron chi connectivity index (χ0n) is 19.3. The highest BCUT2D eigenvalue weighted by atomic mass is 35.5. The molecule has 3 aromatic rings. The quantitative estimate of drug-likeness (QED) is 0.435. The van der Waals surface area contributed by atoms with E-state index in [1.165, 1.54) is 16.0 Å². The van der Waals surface area contributed by atoms with Gasteiger partial charge < -0.3 is 9.80 Å². The maximum absolute atomic E-state index is 13.7. The van der Waals surface area contributed by atoms with Crippen molar-refractivity contribution < 1.29 is 9.59 Å². The molecule has 1 atom stereocenters. The highest BCUT2D eigenvalue weighted by molar-refractivity contribution is 7.10. The number of benzene rings is 2. The molecule has 2 aromatic carbocycles. The maximum Gasteiger partial charge on any atom is 0.254 e. The van der Waals surface area contributed by atoms with Crippen molar-refractivity contribution in [3.05, 3.63) is 92.1 Å². The summed E-state index contributed by atoms with van der Waals surface area (Å²) in [6, 6.07) is 17.3. The topological polar surface area (TPSA) is 40.6 Å². The van der Waals surface area contributed by atoms with Crippen LogP contribution in [-0.4, -0.2) is 41.2 Å². The molecule has 0 spiro atoms. The van der Waals surface area contributed by atoms with E-state index in [4.69, 9.17) is 11.6 Å². The summed E-state index contributed by atoms with van der Waals surface area (Å²) in [6.45, 7) is 7.36. The number of hydrogen-bond acceptors (Lipinski definition) is 3. The monoisotopic (exact) mass is 480 g/mol. The Balaban J connectivity index is 1.62. The number of nitrogens with zero attached hydrogens (tertiary/aromatic N) is 2. The van der Waals surface area contributed by atoms with Crippen molar-refractivity contribution in [3.63, 3.8) is 0 Å². The molecule has 0 fully saturated rings. The molecule has 1 unspecified atom stereocenters. The number of hydrogen-bond donors (Lipinski definition) is 0. The van der Waals surface area contributed by atoms with Crippen molar-refractivity contribution in [1.82, 2.24) is 9.80 Å². The van der Waals surface area contributed by atoms with E-state index in [0.717, 1.165) is 12.0 Å². The summed E-state index contributed by atoms with van der Waals surface area (Å²) in [6.07, 6.45) is 0.841. The molecule has 1 aliphatic rings.